The predicted molar refractivity (Wildman–Crippen MR) is 64.5 cm³/mol. The molecule has 1 aromatic heterocycles. The van der Waals surface area contributed by atoms with Gasteiger partial charge in [0.05, 0.1) is 0 Å². The number of carboxylic acids is 2. The van der Waals surface area contributed by atoms with Gasteiger partial charge in [-0.2, -0.15) is 0 Å². The van der Waals surface area contributed by atoms with E-state index < -0.39 is 56.9 Å². The summed E-state index contributed by atoms with van der Waals surface area (Å²) in [4.78, 5) is 43.7. The van der Waals surface area contributed by atoms with Gasteiger partial charge in [0.1, 0.15) is 19.0 Å². The van der Waals surface area contributed by atoms with E-state index in [9.17, 15) is 27.6 Å². The third kappa shape index (κ3) is 3.55. The van der Waals surface area contributed by atoms with Gasteiger partial charge in [-0.25, -0.2) is 17.8 Å². The Kier molecular flexibility index (Phi) is 4.65. The van der Waals surface area contributed by atoms with Crippen molar-refractivity contribution in [2.75, 3.05) is 5.94 Å². The minimum atomic E-state index is -4.49. The standard InChI is InChI=1S/C9H10N2O9S/c12-4-21(19,20)5-1-10(2-6(13)14)9(18)11(8(5)17)3-7(15)16/h1,12H,2-4H2,(H,13,14)(H,15,16). The Bertz CT molecular complexity index is 801. The summed E-state index contributed by atoms with van der Waals surface area (Å²) in [6.45, 7) is -2.13. The molecule has 21 heavy (non-hydrogen) atoms. The van der Waals surface area contributed by atoms with Crippen LogP contribution in [0.5, 0.6) is 0 Å². The molecule has 0 aliphatic carbocycles. The number of rotatable bonds is 6. The molecule has 0 unspecified atom stereocenters. The van der Waals surface area contributed by atoms with E-state index in [2.05, 4.69) is 0 Å². The van der Waals surface area contributed by atoms with Crippen LogP contribution in [0.15, 0.2) is 20.7 Å². The maximum absolute atomic E-state index is 11.8. The molecule has 0 saturated heterocycles. The van der Waals surface area contributed by atoms with Crippen LogP contribution < -0.4 is 11.2 Å². The molecule has 12 heteroatoms. The highest BCUT2D eigenvalue weighted by molar-refractivity contribution is 7.91. The Morgan fingerprint density at radius 2 is 1.62 bits per heavy atom. The molecule has 1 heterocycles. The highest BCUT2D eigenvalue weighted by Gasteiger charge is 2.23. The van der Waals surface area contributed by atoms with Gasteiger partial charge in [-0.3, -0.25) is 19.0 Å². The average molecular weight is 322 g/mol. The molecule has 0 spiro atoms. The maximum atomic E-state index is 11.8. The van der Waals surface area contributed by atoms with Gasteiger partial charge in [0.2, 0.25) is 9.84 Å². The molecule has 0 fully saturated rings. The fraction of sp³-hybridized carbons (Fsp3) is 0.333. The molecule has 3 N–H and O–H groups in total. The van der Waals surface area contributed by atoms with Crippen LogP contribution in [0, 0.1) is 0 Å². The number of carbonyl (C=O) groups is 2. The summed E-state index contributed by atoms with van der Waals surface area (Å²) < 4.78 is 23.5. The summed E-state index contributed by atoms with van der Waals surface area (Å²) in [5.41, 5.74) is -2.74. The maximum Gasteiger partial charge on any atom is 0.332 e. The second-order valence-electron chi connectivity index (χ2n) is 3.83. The molecule has 0 atom stereocenters. The van der Waals surface area contributed by atoms with E-state index in [0.717, 1.165) is 0 Å². The number of aliphatic hydroxyl groups excluding tert-OH is 1. The number of carboxylic acid groups (broad SMARTS) is 2. The molecule has 1 rings (SSSR count). The molecular weight excluding hydrogens is 312 g/mol. The fourth-order valence-electron chi connectivity index (χ4n) is 1.44. The lowest BCUT2D eigenvalue weighted by atomic mass is 10.5. The van der Waals surface area contributed by atoms with Crippen molar-refractivity contribution in [3.8, 4) is 0 Å². The minimum absolute atomic E-state index is 0.0633. The van der Waals surface area contributed by atoms with Gasteiger partial charge >= 0.3 is 17.6 Å². The number of aliphatic carboxylic acids is 2. The molecule has 0 aliphatic rings. The lowest BCUT2D eigenvalue weighted by molar-refractivity contribution is -0.138. The second kappa shape index (κ2) is 5.88. The van der Waals surface area contributed by atoms with Crippen LogP contribution in [0.2, 0.25) is 0 Å². The van der Waals surface area contributed by atoms with E-state index >= 15 is 0 Å². The molecule has 0 bridgehead atoms. The summed E-state index contributed by atoms with van der Waals surface area (Å²) in [5.74, 6) is -4.57. The Morgan fingerprint density at radius 1 is 1.10 bits per heavy atom. The van der Waals surface area contributed by atoms with Crippen LogP contribution in [-0.2, 0) is 32.5 Å². The van der Waals surface area contributed by atoms with Crippen molar-refractivity contribution >= 4 is 21.8 Å². The van der Waals surface area contributed by atoms with Crippen molar-refractivity contribution in [1.29, 1.82) is 0 Å². The number of sulfone groups is 1. The topological polar surface area (TPSA) is 173 Å². The largest absolute Gasteiger partial charge is 0.480 e. The zero-order valence-electron chi connectivity index (χ0n) is 10.3. The van der Waals surface area contributed by atoms with Gasteiger partial charge in [-0.1, -0.05) is 0 Å². The van der Waals surface area contributed by atoms with Crippen LogP contribution in [0.3, 0.4) is 0 Å². The number of hydrogen-bond donors (Lipinski definition) is 3. The number of aliphatic hydroxyl groups is 1. The zero-order valence-corrected chi connectivity index (χ0v) is 11.1. The van der Waals surface area contributed by atoms with Crippen molar-refractivity contribution in [2.45, 2.75) is 18.0 Å². The third-order valence-corrected chi connectivity index (χ3v) is 3.60. The van der Waals surface area contributed by atoms with E-state index in [-0.39, 0.29) is 4.57 Å². The lowest BCUT2D eigenvalue weighted by Crippen LogP contribution is -2.44. The van der Waals surface area contributed by atoms with Crippen molar-refractivity contribution in [3.63, 3.8) is 0 Å². The smallest absolute Gasteiger partial charge is 0.332 e. The molecule has 116 valence electrons. The quantitative estimate of drug-likeness (QED) is 0.490. The summed E-state index contributed by atoms with van der Waals surface area (Å²) in [6, 6.07) is 0. The normalized spacial score (nSPS) is 11.3. The first-order chi connectivity index (χ1) is 9.60. The number of nitrogens with zero attached hydrogens (tertiary/aromatic N) is 2. The monoisotopic (exact) mass is 322 g/mol. The van der Waals surface area contributed by atoms with Gasteiger partial charge in [-0.15, -0.1) is 0 Å². The van der Waals surface area contributed by atoms with Crippen molar-refractivity contribution in [2.24, 2.45) is 0 Å². The van der Waals surface area contributed by atoms with E-state index in [1.807, 2.05) is 0 Å². The van der Waals surface area contributed by atoms with E-state index in [1.165, 1.54) is 0 Å². The second-order valence-corrected chi connectivity index (χ2v) is 5.75. The average Bonchev–Trinajstić information content (AvgIpc) is 2.36. The molecular formula is C9H10N2O9S. The molecule has 0 radical (unpaired) electrons. The molecule has 1 aromatic rings. The molecule has 0 saturated carbocycles. The summed E-state index contributed by atoms with van der Waals surface area (Å²) >= 11 is 0. The van der Waals surface area contributed by atoms with Crippen LogP contribution in [0.4, 0.5) is 0 Å². The van der Waals surface area contributed by atoms with Crippen LogP contribution in [0.25, 0.3) is 0 Å². The van der Waals surface area contributed by atoms with Crippen molar-refractivity contribution < 1.29 is 33.3 Å². The van der Waals surface area contributed by atoms with Gasteiger partial charge in [0.15, 0.2) is 4.90 Å². The Morgan fingerprint density at radius 3 is 2.05 bits per heavy atom. The highest BCUT2D eigenvalue weighted by Crippen LogP contribution is 2.03. The number of hydrogen-bond acceptors (Lipinski definition) is 7. The zero-order chi connectivity index (χ0) is 16.4. The van der Waals surface area contributed by atoms with E-state index in [1.54, 1.807) is 0 Å². The Balaban J connectivity index is 3.76. The lowest BCUT2D eigenvalue weighted by Gasteiger charge is -2.10. The Labute approximate surface area is 116 Å². The number of aromatic nitrogens is 2. The first-order valence-corrected chi connectivity index (χ1v) is 6.87. The fourth-order valence-corrected chi connectivity index (χ4v) is 2.25. The molecule has 0 amide bonds. The van der Waals surface area contributed by atoms with Crippen LogP contribution in [-0.4, -0.2) is 50.7 Å². The molecule has 0 aliphatic heterocycles. The van der Waals surface area contributed by atoms with Crippen LogP contribution >= 0.6 is 0 Å². The summed E-state index contributed by atoms with van der Waals surface area (Å²) in [6.07, 6.45) is 0.461. The molecule has 0 aromatic carbocycles. The first-order valence-electron chi connectivity index (χ1n) is 5.21. The predicted octanol–water partition coefficient (Wildman–Crippen LogP) is -3.10. The first kappa shape index (κ1) is 16.6. The third-order valence-electron chi connectivity index (χ3n) is 2.31. The molecule has 11 nitrogen and oxygen atoms in total. The van der Waals surface area contributed by atoms with Gasteiger partial charge in [-0.05, 0) is 0 Å². The van der Waals surface area contributed by atoms with Gasteiger partial charge in [0, 0.05) is 6.20 Å². The van der Waals surface area contributed by atoms with Gasteiger partial charge in [0.25, 0.3) is 5.56 Å². The van der Waals surface area contributed by atoms with Gasteiger partial charge < -0.3 is 15.3 Å². The highest BCUT2D eigenvalue weighted by atomic mass is 32.2. The summed E-state index contributed by atoms with van der Waals surface area (Å²) in [5, 5.41) is 26.0. The Hall–Kier alpha value is -2.47. The SMILES string of the molecule is O=C(O)Cn1cc(S(=O)(=O)CO)c(=O)n(CC(=O)O)c1=O. The van der Waals surface area contributed by atoms with Crippen molar-refractivity contribution in [3.05, 3.63) is 27.0 Å². The van der Waals surface area contributed by atoms with E-state index in [0.29, 0.717) is 10.8 Å². The van der Waals surface area contributed by atoms with E-state index in [4.69, 9.17) is 15.3 Å². The minimum Gasteiger partial charge on any atom is -0.480 e. The van der Waals surface area contributed by atoms with Crippen molar-refractivity contribution in [1.82, 2.24) is 9.13 Å². The summed E-state index contributed by atoms with van der Waals surface area (Å²) in [7, 11) is -4.49. The van der Waals surface area contributed by atoms with Crippen LogP contribution in [0.1, 0.15) is 0 Å².